The summed E-state index contributed by atoms with van der Waals surface area (Å²) in [6, 6.07) is 11.8. The number of amides is 1. The average molecular weight is 374 g/mol. The van der Waals surface area contributed by atoms with Crippen molar-refractivity contribution in [2.75, 3.05) is 24.3 Å². The Bertz CT molecular complexity index is 867. The van der Waals surface area contributed by atoms with Crippen LogP contribution < -0.4 is 10.2 Å². The third kappa shape index (κ3) is 4.34. The zero-order chi connectivity index (χ0) is 17.8. The van der Waals surface area contributed by atoms with Crippen LogP contribution in [0.2, 0.25) is 0 Å². The molecule has 0 fully saturated rings. The minimum atomic E-state index is -0.429. The van der Waals surface area contributed by atoms with Gasteiger partial charge in [0.05, 0.1) is 5.69 Å². The highest BCUT2D eigenvalue weighted by atomic mass is 32.2. The Morgan fingerprint density at radius 1 is 1.20 bits per heavy atom. The second-order valence-corrected chi connectivity index (χ2v) is 7.50. The molecule has 128 valence electrons. The maximum atomic E-state index is 14.0. The quantitative estimate of drug-likeness (QED) is 0.727. The van der Waals surface area contributed by atoms with Crippen LogP contribution in [0.4, 0.5) is 15.8 Å². The van der Waals surface area contributed by atoms with Gasteiger partial charge in [-0.3, -0.25) is 4.79 Å². The molecule has 0 saturated carbocycles. The van der Waals surface area contributed by atoms with Gasteiger partial charge >= 0.3 is 0 Å². The first-order valence-electron chi connectivity index (χ1n) is 7.35. The number of carbonyl (C=O) groups is 1. The summed E-state index contributed by atoms with van der Waals surface area (Å²) in [6.45, 7) is 0. The van der Waals surface area contributed by atoms with Gasteiger partial charge in [0.2, 0.25) is 0 Å². The van der Waals surface area contributed by atoms with Gasteiger partial charge in [-0.15, -0.1) is 10.2 Å². The molecule has 1 amide bonds. The van der Waals surface area contributed by atoms with Crippen LogP contribution in [-0.2, 0) is 0 Å². The van der Waals surface area contributed by atoms with Gasteiger partial charge in [0.1, 0.15) is 11.3 Å². The summed E-state index contributed by atoms with van der Waals surface area (Å²) in [5, 5.41) is 10.5. The number of rotatable bonds is 5. The summed E-state index contributed by atoms with van der Waals surface area (Å²) < 4.78 is 14.9. The second kappa shape index (κ2) is 7.62. The predicted octanol–water partition coefficient (Wildman–Crippen LogP) is 4.15. The van der Waals surface area contributed by atoms with E-state index in [-0.39, 0.29) is 11.5 Å². The fraction of sp³-hybridized carbons (Fsp3) is 0.118. The molecule has 2 aromatic carbocycles. The fourth-order valence-electron chi connectivity index (χ4n) is 2.13. The van der Waals surface area contributed by atoms with Crippen LogP contribution in [0.3, 0.4) is 0 Å². The monoisotopic (exact) mass is 374 g/mol. The SMILES string of the molecule is CN(C)c1ccc(C(=O)Nc2ccc(Sc3nncs3)cc2)cc1F. The molecule has 8 heteroatoms. The van der Waals surface area contributed by atoms with E-state index in [9.17, 15) is 9.18 Å². The highest BCUT2D eigenvalue weighted by molar-refractivity contribution is 8.01. The number of nitrogens with one attached hydrogen (secondary N) is 1. The van der Waals surface area contributed by atoms with Gasteiger partial charge in [0.25, 0.3) is 5.91 Å². The number of hydrogen-bond donors (Lipinski definition) is 1. The number of carbonyl (C=O) groups excluding carboxylic acids is 1. The van der Waals surface area contributed by atoms with Crippen molar-refractivity contribution in [1.29, 1.82) is 0 Å². The summed E-state index contributed by atoms with van der Waals surface area (Å²) in [5.74, 6) is -0.782. The smallest absolute Gasteiger partial charge is 0.255 e. The molecule has 25 heavy (non-hydrogen) atoms. The lowest BCUT2D eigenvalue weighted by atomic mass is 10.1. The van der Waals surface area contributed by atoms with Crippen molar-refractivity contribution < 1.29 is 9.18 Å². The van der Waals surface area contributed by atoms with E-state index in [0.29, 0.717) is 11.4 Å². The third-order valence-corrected chi connectivity index (χ3v) is 5.13. The zero-order valence-electron chi connectivity index (χ0n) is 13.6. The van der Waals surface area contributed by atoms with Crippen molar-refractivity contribution >= 4 is 40.4 Å². The average Bonchev–Trinajstić information content (AvgIpc) is 3.09. The molecule has 0 spiro atoms. The number of benzene rings is 2. The molecule has 3 rings (SSSR count). The molecule has 0 atom stereocenters. The minimum absolute atomic E-state index is 0.274. The molecule has 0 unspecified atom stereocenters. The van der Waals surface area contributed by atoms with Crippen LogP contribution in [0.5, 0.6) is 0 Å². The van der Waals surface area contributed by atoms with Crippen molar-refractivity contribution in [2.24, 2.45) is 0 Å². The van der Waals surface area contributed by atoms with Crippen LogP contribution in [0.15, 0.2) is 57.2 Å². The van der Waals surface area contributed by atoms with Gasteiger partial charge in [-0.2, -0.15) is 0 Å². The third-order valence-electron chi connectivity index (χ3n) is 3.35. The zero-order valence-corrected chi connectivity index (χ0v) is 15.2. The maximum absolute atomic E-state index is 14.0. The van der Waals surface area contributed by atoms with E-state index in [1.165, 1.54) is 29.2 Å². The molecule has 0 aliphatic heterocycles. The molecule has 0 radical (unpaired) electrons. The Kier molecular flexibility index (Phi) is 5.30. The Balaban J connectivity index is 1.67. The molecule has 0 aliphatic rings. The Morgan fingerprint density at radius 3 is 2.56 bits per heavy atom. The lowest BCUT2D eigenvalue weighted by Gasteiger charge is -2.14. The maximum Gasteiger partial charge on any atom is 0.255 e. The van der Waals surface area contributed by atoms with E-state index in [4.69, 9.17) is 0 Å². The van der Waals surface area contributed by atoms with E-state index in [1.54, 1.807) is 48.8 Å². The van der Waals surface area contributed by atoms with Crippen molar-refractivity contribution in [3.63, 3.8) is 0 Å². The van der Waals surface area contributed by atoms with Gasteiger partial charge in [-0.25, -0.2) is 4.39 Å². The van der Waals surface area contributed by atoms with Crippen molar-refractivity contribution in [3.8, 4) is 0 Å². The van der Waals surface area contributed by atoms with Crippen LogP contribution in [0, 0.1) is 5.82 Å². The standard InChI is InChI=1S/C17H15FN4OS2/c1-22(2)15-8-3-11(9-14(15)18)16(23)20-12-4-6-13(7-5-12)25-17-21-19-10-24-17/h3-10H,1-2H3,(H,20,23). The summed E-state index contributed by atoms with van der Waals surface area (Å²) >= 11 is 2.97. The summed E-state index contributed by atoms with van der Waals surface area (Å²) in [6.07, 6.45) is 0. The van der Waals surface area contributed by atoms with E-state index < -0.39 is 5.82 Å². The van der Waals surface area contributed by atoms with Gasteiger partial charge in [0, 0.05) is 30.2 Å². The minimum Gasteiger partial charge on any atom is -0.375 e. The van der Waals surface area contributed by atoms with Crippen LogP contribution in [0.1, 0.15) is 10.4 Å². The lowest BCUT2D eigenvalue weighted by Crippen LogP contribution is -2.14. The molecule has 1 heterocycles. The van der Waals surface area contributed by atoms with E-state index in [1.807, 2.05) is 12.1 Å². The molecule has 0 saturated heterocycles. The predicted molar refractivity (Wildman–Crippen MR) is 99.2 cm³/mol. The first-order valence-corrected chi connectivity index (χ1v) is 9.05. The van der Waals surface area contributed by atoms with Gasteiger partial charge in [-0.05, 0) is 42.5 Å². The number of nitrogens with zero attached hydrogens (tertiary/aromatic N) is 3. The van der Waals surface area contributed by atoms with Gasteiger partial charge in [0.15, 0.2) is 4.34 Å². The first kappa shape index (κ1) is 17.4. The topological polar surface area (TPSA) is 58.1 Å². The number of anilines is 2. The summed E-state index contributed by atoms with van der Waals surface area (Å²) in [5.41, 5.74) is 3.03. The highest BCUT2D eigenvalue weighted by Gasteiger charge is 2.11. The molecule has 0 bridgehead atoms. The van der Waals surface area contributed by atoms with E-state index in [2.05, 4.69) is 15.5 Å². The molecule has 1 aromatic heterocycles. The molecule has 3 aromatic rings. The Hall–Kier alpha value is -2.45. The molecule has 1 N–H and O–H groups in total. The Labute approximate surface area is 152 Å². The number of aromatic nitrogens is 2. The molecule has 5 nitrogen and oxygen atoms in total. The molecular formula is C17H15FN4OS2. The summed E-state index contributed by atoms with van der Waals surface area (Å²) in [7, 11) is 3.50. The second-order valence-electron chi connectivity index (χ2n) is 5.35. The van der Waals surface area contributed by atoms with E-state index in [0.717, 1.165) is 9.24 Å². The summed E-state index contributed by atoms with van der Waals surface area (Å²) in [4.78, 5) is 14.9. The van der Waals surface area contributed by atoms with Crippen LogP contribution in [-0.4, -0.2) is 30.2 Å². The Morgan fingerprint density at radius 2 is 1.96 bits per heavy atom. The normalized spacial score (nSPS) is 10.5. The number of hydrogen-bond acceptors (Lipinski definition) is 6. The van der Waals surface area contributed by atoms with E-state index >= 15 is 0 Å². The van der Waals surface area contributed by atoms with Gasteiger partial charge in [-0.1, -0.05) is 23.1 Å². The number of halogens is 1. The largest absolute Gasteiger partial charge is 0.375 e. The molecule has 0 aliphatic carbocycles. The lowest BCUT2D eigenvalue weighted by molar-refractivity contribution is 0.102. The van der Waals surface area contributed by atoms with Crippen molar-refractivity contribution in [2.45, 2.75) is 9.24 Å². The fourth-order valence-corrected chi connectivity index (χ4v) is 3.58. The van der Waals surface area contributed by atoms with Gasteiger partial charge < -0.3 is 10.2 Å². The van der Waals surface area contributed by atoms with Crippen LogP contribution >= 0.6 is 23.1 Å². The first-order chi connectivity index (χ1) is 12.0. The van der Waals surface area contributed by atoms with Crippen molar-refractivity contribution in [3.05, 3.63) is 59.4 Å². The highest BCUT2D eigenvalue weighted by Crippen LogP contribution is 2.29. The van der Waals surface area contributed by atoms with Crippen LogP contribution in [0.25, 0.3) is 0 Å². The van der Waals surface area contributed by atoms with Crippen molar-refractivity contribution in [1.82, 2.24) is 10.2 Å². The molecular weight excluding hydrogens is 359 g/mol.